The Morgan fingerprint density at radius 3 is 3.00 bits per heavy atom. The van der Waals surface area contributed by atoms with Crippen molar-refractivity contribution < 1.29 is 4.79 Å². The lowest BCUT2D eigenvalue weighted by Gasteiger charge is -2.28. The van der Waals surface area contributed by atoms with Crippen LogP contribution >= 0.6 is 11.3 Å². The molecule has 4 nitrogen and oxygen atoms in total. The SMILES string of the molecule is CCC1(C(=O)NC(C)c2nc(C)cs2)CCCN1. The molecule has 1 aliphatic rings. The largest absolute Gasteiger partial charge is 0.346 e. The van der Waals surface area contributed by atoms with E-state index in [-0.39, 0.29) is 17.5 Å². The van der Waals surface area contributed by atoms with E-state index >= 15 is 0 Å². The van der Waals surface area contributed by atoms with Gasteiger partial charge in [0.1, 0.15) is 5.01 Å². The minimum Gasteiger partial charge on any atom is -0.346 e. The first-order chi connectivity index (χ1) is 8.57. The first-order valence-corrected chi connectivity index (χ1v) is 7.43. The number of nitrogens with one attached hydrogen (secondary N) is 2. The van der Waals surface area contributed by atoms with E-state index in [1.54, 1.807) is 11.3 Å². The van der Waals surface area contributed by atoms with Gasteiger partial charge >= 0.3 is 0 Å². The van der Waals surface area contributed by atoms with Gasteiger partial charge in [-0.3, -0.25) is 4.79 Å². The first-order valence-electron chi connectivity index (χ1n) is 6.55. The van der Waals surface area contributed by atoms with Crippen LogP contribution in [0, 0.1) is 6.92 Å². The lowest BCUT2D eigenvalue weighted by Crippen LogP contribution is -2.53. The van der Waals surface area contributed by atoms with Crippen LogP contribution in [0.1, 0.15) is 49.9 Å². The van der Waals surface area contributed by atoms with Crippen molar-refractivity contribution in [2.45, 2.75) is 51.6 Å². The standard InChI is InChI=1S/C13H21N3OS/c1-4-13(6-5-7-14-13)12(17)16-10(3)11-15-9(2)8-18-11/h8,10,14H,4-7H2,1-3H3,(H,16,17). The Morgan fingerprint density at radius 1 is 1.72 bits per heavy atom. The van der Waals surface area contributed by atoms with E-state index in [1.807, 2.05) is 19.2 Å². The number of nitrogens with zero attached hydrogens (tertiary/aromatic N) is 1. The summed E-state index contributed by atoms with van der Waals surface area (Å²) in [4.78, 5) is 16.8. The monoisotopic (exact) mass is 267 g/mol. The third-order valence-corrected chi connectivity index (χ3v) is 4.78. The molecule has 1 aromatic heterocycles. The zero-order chi connectivity index (χ0) is 13.2. The van der Waals surface area contributed by atoms with Gasteiger partial charge in [-0.1, -0.05) is 6.92 Å². The number of thiazole rings is 1. The number of carbonyl (C=O) groups is 1. The van der Waals surface area contributed by atoms with Gasteiger partial charge < -0.3 is 10.6 Å². The molecule has 0 spiro atoms. The number of amides is 1. The van der Waals surface area contributed by atoms with Crippen LogP contribution in [0.25, 0.3) is 0 Å². The Kier molecular flexibility index (Phi) is 4.02. The number of hydrogen-bond acceptors (Lipinski definition) is 4. The van der Waals surface area contributed by atoms with E-state index in [4.69, 9.17) is 0 Å². The van der Waals surface area contributed by atoms with Gasteiger partial charge in [0.2, 0.25) is 5.91 Å². The van der Waals surface area contributed by atoms with Crippen LogP contribution in [0.2, 0.25) is 0 Å². The second-order valence-electron chi connectivity index (χ2n) is 4.99. The van der Waals surface area contributed by atoms with Gasteiger partial charge in [0.15, 0.2) is 0 Å². The normalized spacial score (nSPS) is 25.1. The van der Waals surface area contributed by atoms with Gasteiger partial charge in [-0.2, -0.15) is 0 Å². The minimum atomic E-state index is -0.361. The third kappa shape index (κ3) is 2.57. The zero-order valence-electron chi connectivity index (χ0n) is 11.2. The maximum absolute atomic E-state index is 12.4. The summed E-state index contributed by atoms with van der Waals surface area (Å²) in [6.07, 6.45) is 2.84. The van der Waals surface area contributed by atoms with Crippen molar-refractivity contribution in [2.75, 3.05) is 6.54 Å². The Hall–Kier alpha value is -0.940. The molecule has 0 saturated carbocycles. The van der Waals surface area contributed by atoms with Gasteiger partial charge in [-0.25, -0.2) is 4.98 Å². The van der Waals surface area contributed by atoms with Gasteiger partial charge in [0.25, 0.3) is 0 Å². The van der Waals surface area contributed by atoms with Crippen LogP contribution in [0.3, 0.4) is 0 Å². The molecule has 0 bridgehead atoms. The van der Waals surface area contributed by atoms with Crippen LogP contribution in [-0.2, 0) is 4.79 Å². The number of carbonyl (C=O) groups excluding carboxylic acids is 1. The van der Waals surface area contributed by atoms with Gasteiger partial charge in [0.05, 0.1) is 11.6 Å². The average molecular weight is 267 g/mol. The summed E-state index contributed by atoms with van der Waals surface area (Å²) in [5.41, 5.74) is 0.654. The van der Waals surface area contributed by atoms with Crippen LogP contribution in [0.4, 0.5) is 0 Å². The number of aryl methyl sites for hydroxylation is 1. The van der Waals surface area contributed by atoms with Crippen LogP contribution in [0.15, 0.2) is 5.38 Å². The molecule has 100 valence electrons. The summed E-state index contributed by atoms with van der Waals surface area (Å²) in [7, 11) is 0. The molecule has 2 unspecified atom stereocenters. The number of hydrogen-bond donors (Lipinski definition) is 2. The lowest BCUT2D eigenvalue weighted by molar-refractivity contribution is -0.128. The van der Waals surface area contributed by atoms with E-state index in [2.05, 4.69) is 22.5 Å². The number of rotatable bonds is 4. The topological polar surface area (TPSA) is 54.0 Å². The maximum Gasteiger partial charge on any atom is 0.240 e. The molecule has 0 aliphatic carbocycles. The first kappa shape index (κ1) is 13.5. The van der Waals surface area contributed by atoms with Crippen molar-refractivity contribution in [3.63, 3.8) is 0 Å². The van der Waals surface area contributed by atoms with Gasteiger partial charge in [0, 0.05) is 11.1 Å². The van der Waals surface area contributed by atoms with Gasteiger partial charge in [-0.05, 0) is 39.7 Å². The van der Waals surface area contributed by atoms with Crippen LogP contribution in [-0.4, -0.2) is 23.0 Å². The lowest BCUT2D eigenvalue weighted by atomic mass is 9.93. The zero-order valence-corrected chi connectivity index (χ0v) is 12.1. The molecular formula is C13H21N3OS. The van der Waals surface area contributed by atoms with Crippen molar-refractivity contribution in [1.82, 2.24) is 15.6 Å². The molecule has 2 heterocycles. The fraction of sp³-hybridized carbons (Fsp3) is 0.692. The molecule has 18 heavy (non-hydrogen) atoms. The summed E-state index contributed by atoms with van der Waals surface area (Å²) in [5.74, 6) is 0.114. The van der Waals surface area contributed by atoms with E-state index in [9.17, 15) is 4.79 Å². The Morgan fingerprint density at radius 2 is 2.50 bits per heavy atom. The smallest absolute Gasteiger partial charge is 0.240 e. The van der Waals surface area contributed by atoms with Crippen molar-refractivity contribution in [1.29, 1.82) is 0 Å². The summed E-state index contributed by atoms with van der Waals surface area (Å²) < 4.78 is 0. The van der Waals surface area contributed by atoms with E-state index in [0.717, 1.165) is 36.5 Å². The van der Waals surface area contributed by atoms with Crippen molar-refractivity contribution in [2.24, 2.45) is 0 Å². The van der Waals surface area contributed by atoms with E-state index < -0.39 is 0 Å². The highest BCUT2D eigenvalue weighted by Gasteiger charge is 2.39. The molecular weight excluding hydrogens is 246 g/mol. The molecule has 2 N–H and O–H groups in total. The second kappa shape index (κ2) is 5.36. The average Bonchev–Trinajstić information content (AvgIpc) is 2.97. The minimum absolute atomic E-state index is 0.0120. The Bertz CT molecular complexity index is 424. The highest BCUT2D eigenvalue weighted by atomic mass is 32.1. The summed E-state index contributed by atoms with van der Waals surface area (Å²) in [6.45, 7) is 6.97. The molecule has 1 saturated heterocycles. The molecule has 5 heteroatoms. The molecule has 1 aromatic rings. The molecule has 1 fully saturated rings. The van der Waals surface area contributed by atoms with Crippen molar-refractivity contribution in [3.8, 4) is 0 Å². The van der Waals surface area contributed by atoms with Gasteiger partial charge in [-0.15, -0.1) is 11.3 Å². The number of aromatic nitrogens is 1. The van der Waals surface area contributed by atoms with Crippen LogP contribution < -0.4 is 10.6 Å². The predicted octanol–water partition coefficient (Wildman–Crippen LogP) is 2.16. The summed E-state index contributed by atoms with van der Waals surface area (Å²) in [5, 5.41) is 9.43. The molecule has 1 aliphatic heterocycles. The Labute approximate surface area is 112 Å². The fourth-order valence-electron chi connectivity index (χ4n) is 2.43. The molecule has 2 atom stereocenters. The molecule has 1 amide bonds. The van der Waals surface area contributed by atoms with Crippen molar-refractivity contribution >= 4 is 17.2 Å². The summed E-state index contributed by atoms with van der Waals surface area (Å²) in [6, 6.07) is -0.0120. The third-order valence-electron chi connectivity index (χ3n) is 3.64. The highest BCUT2D eigenvalue weighted by molar-refractivity contribution is 7.09. The molecule has 0 radical (unpaired) electrons. The fourth-order valence-corrected chi connectivity index (χ4v) is 3.23. The quantitative estimate of drug-likeness (QED) is 0.879. The van der Waals surface area contributed by atoms with Crippen LogP contribution in [0.5, 0.6) is 0 Å². The van der Waals surface area contributed by atoms with Crippen molar-refractivity contribution in [3.05, 3.63) is 16.1 Å². The summed E-state index contributed by atoms with van der Waals surface area (Å²) >= 11 is 1.60. The van der Waals surface area contributed by atoms with E-state index in [1.165, 1.54) is 0 Å². The highest BCUT2D eigenvalue weighted by Crippen LogP contribution is 2.25. The predicted molar refractivity (Wildman–Crippen MR) is 73.7 cm³/mol. The Balaban J connectivity index is 2.02. The molecule has 0 aromatic carbocycles. The second-order valence-corrected chi connectivity index (χ2v) is 5.88. The maximum atomic E-state index is 12.4. The van der Waals surface area contributed by atoms with E-state index in [0.29, 0.717) is 0 Å². The molecule has 2 rings (SSSR count).